The molecule has 1 N–H and O–H groups in total. The third-order valence-electron chi connectivity index (χ3n) is 3.79. The van der Waals surface area contributed by atoms with Gasteiger partial charge in [0.15, 0.2) is 0 Å². The molecular formula is C18H13BrN4O2S. The van der Waals surface area contributed by atoms with Crippen molar-refractivity contribution in [1.29, 1.82) is 0 Å². The number of fused-ring (bicyclic) bond motifs is 1. The molecule has 8 heteroatoms. The first kappa shape index (κ1) is 16.7. The molecule has 26 heavy (non-hydrogen) atoms. The molecule has 6 nitrogen and oxygen atoms in total. The Morgan fingerprint density at radius 2 is 1.77 bits per heavy atom. The molecule has 130 valence electrons. The van der Waals surface area contributed by atoms with Crippen molar-refractivity contribution in [3.63, 3.8) is 0 Å². The molecule has 4 rings (SSSR count). The minimum Gasteiger partial charge on any atom is -0.291 e. The Bertz CT molecular complexity index is 1150. The van der Waals surface area contributed by atoms with Gasteiger partial charge in [0.1, 0.15) is 4.90 Å². The molecular weight excluding hydrogens is 416 g/mol. The SMILES string of the molecule is O=S(=O)(Nc1ccc(-c2cn3cccnc3n2)cc1)c1ccccc1Br. The van der Waals surface area contributed by atoms with Gasteiger partial charge >= 0.3 is 0 Å². The first-order chi connectivity index (χ1) is 12.5. The summed E-state index contributed by atoms with van der Waals surface area (Å²) >= 11 is 3.27. The Morgan fingerprint density at radius 3 is 2.50 bits per heavy atom. The number of benzene rings is 2. The Balaban J connectivity index is 1.61. The number of hydrogen-bond acceptors (Lipinski definition) is 4. The molecule has 0 aliphatic heterocycles. The fourth-order valence-electron chi connectivity index (χ4n) is 2.55. The van der Waals surface area contributed by atoms with Crippen molar-refractivity contribution in [3.8, 4) is 11.3 Å². The summed E-state index contributed by atoms with van der Waals surface area (Å²) in [7, 11) is -3.67. The second-order valence-electron chi connectivity index (χ2n) is 5.57. The lowest BCUT2D eigenvalue weighted by atomic mass is 10.1. The molecule has 0 spiro atoms. The zero-order valence-electron chi connectivity index (χ0n) is 13.4. The van der Waals surface area contributed by atoms with E-state index in [9.17, 15) is 8.42 Å². The van der Waals surface area contributed by atoms with Crippen LogP contribution in [0.15, 0.2) is 82.6 Å². The van der Waals surface area contributed by atoms with E-state index in [1.165, 1.54) is 0 Å². The van der Waals surface area contributed by atoms with Gasteiger partial charge < -0.3 is 0 Å². The van der Waals surface area contributed by atoms with Crippen molar-refractivity contribution < 1.29 is 8.42 Å². The minimum atomic E-state index is -3.67. The number of aromatic nitrogens is 3. The number of halogens is 1. The molecule has 0 radical (unpaired) electrons. The summed E-state index contributed by atoms with van der Waals surface area (Å²) in [4.78, 5) is 8.83. The van der Waals surface area contributed by atoms with Crippen molar-refractivity contribution in [2.45, 2.75) is 4.90 Å². The van der Waals surface area contributed by atoms with Crippen molar-refractivity contribution in [2.75, 3.05) is 4.72 Å². The number of rotatable bonds is 4. The molecule has 2 heterocycles. The molecule has 0 saturated carbocycles. The predicted molar refractivity (Wildman–Crippen MR) is 103 cm³/mol. The zero-order chi connectivity index (χ0) is 18.1. The van der Waals surface area contributed by atoms with Crippen LogP contribution in [0.5, 0.6) is 0 Å². The van der Waals surface area contributed by atoms with Gasteiger partial charge in [-0.25, -0.2) is 18.4 Å². The summed E-state index contributed by atoms with van der Waals surface area (Å²) in [6.45, 7) is 0. The number of imidazole rings is 1. The molecule has 0 aliphatic rings. The average molecular weight is 429 g/mol. The van der Waals surface area contributed by atoms with Crippen molar-refractivity contribution in [1.82, 2.24) is 14.4 Å². The lowest BCUT2D eigenvalue weighted by molar-refractivity contribution is 0.601. The molecule has 2 aromatic carbocycles. The van der Waals surface area contributed by atoms with Gasteiger partial charge in [0.2, 0.25) is 5.78 Å². The summed E-state index contributed by atoms with van der Waals surface area (Å²) in [5.74, 6) is 0.612. The summed E-state index contributed by atoms with van der Waals surface area (Å²) in [5, 5.41) is 0. The van der Waals surface area contributed by atoms with E-state index in [1.807, 2.05) is 35.0 Å². The van der Waals surface area contributed by atoms with Gasteiger partial charge in [-0.2, -0.15) is 0 Å². The van der Waals surface area contributed by atoms with Crippen LogP contribution >= 0.6 is 15.9 Å². The molecule has 0 unspecified atom stereocenters. The average Bonchev–Trinajstić information content (AvgIpc) is 3.06. The smallest absolute Gasteiger partial charge is 0.263 e. The van der Waals surface area contributed by atoms with E-state index in [0.717, 1.165) is 11.3 Å². The molecule has 0 aliphatic carbocycles. The maximum atomic E-state index is 12.5. The van der Waals surface area contributed by atoms with Gasteiger partial charge in [0.25, 0.3) is 10.0 Å². The van der Waals surface area contributed by atoms with Gasteiger partial charge in [-0.05, 0) is 46.3 Å². The van der Waals surface area contributed by atoms with E-state index < -0.39 is 10.0 Å². The van der Waals surface area contributed by atoms with Crippen LogP contribution in [0, 0.1) is 0 Å². The third-order valence-corrected chi connectivity index (χ3v) is 6.19. The van der Waals surface area contributed by atoms with E-state index in [-0.39, 0.29) is 4.90 Å². The number of sulfonamides is 1. The Morgan fingerprint density at radius 1 is 1.00 bits per heavy atom. The van der Waals surface area contributed by atoms with Crippen LogP contribution in [0.1, 0.15) is 0 Å². The van der Waals surface area contributed by atoms with Crippen LogP contribution < -0.4 is 4.72 Å². The Hall–Kier alpha value is -2.71. The topological polar surface area (TPSA) is 76.4 Å². The highest BCUT2D eigenvalue weighted by Gasteiger charge is 2.17. The van der Waals surface area contributed by atoms with E-state index in [2.05, 4.69) is 30.6 Å². The maximum absolute atomic E-state index is 12.5. The van der Waals surface area contributed by atoms with Crippen LogP contribution in [0.2, 0.25) is 0 Å². The number of anilines is 1. The van der Waals surface area contributed by atoms with Crippen molar-refractivity contribution >= 4 is 37.4 Å². The van der Waals surface area contributed by atoms with Crippen LogP contribution in [0.3, 0.4) is 0 Å². The highest BCUT2D eigenvalue weighted by Crippen LogP contribution is 2.25. The minimum absolute atomic E-state index is 0.190. The molecule has 0 bridgehead atoms. The predicted octanol–water partition coefficient (Wildman–Crippen LogP) is 3.96. The molecule has 4 aromatic rings. The summed E-state index contributed by atoms with van der Waals surface area (Å²) in [5.41, 5.74) is 2.12. The maximum Gasteiger partial charge on any atom is 0.263 e. The number of nitrogens with zero attached hydrogens (tertiary/aromatic N) is 3. The number of hydrogen-bond donors (Lipinski definition) is 1. The fourth-order valence-corrected chi connectivity index (χ4v) is 4.61. The molecule has 0 amide bonds. The van der Waals surface area contributed by atoms with Gasteiger partial charge in [-0.1, -0.05) is 24.3 Å². The standard InChI is InChI=1S/C18H13BrN4O2S/c19-15-4-1-2-5-17(15)26(24,25)22-14-8-6-13(7-9-14)16-12-23-11-3-10-20-18(23)21-16/h1-12,22H. The lowest BCUT2D eigenvalue weighted by Gasteiger charge is -2.09. The fraction of sp³-hybridized carbons (Fsp3) is 0. The zero-order valence-corrected chi connectivity index (χ0v) is 15.8. The largest absolute Gasteiger partial charge is 0.291 e. The van der Waals surface area contributed by atoms with Gasteiger partial charge in [-0.15, -0.1) is 0 Å². The normalized spacial score (nSPS) is 11.6. The van der Waals surface area contributed by atoms with Gasteiger partial charge in [0.05, 0.1) is 5.69 Å². The lowest BCUT2D eigenvalue weighted by Crippen LogP contribution is -2.13. The van der Waals surface area contributed by atoms with Gasteiger partial charge in [-0.3, -0.25) is 9.12 Å². The second-order valence-corrected chi connectivity index (χ2v) is 8.07. The third kappa shape index (κ3) is 3.21. The summed E-state index contributed by atoms with van der Waals surface area (Å²) in [6, 6.07) is 15.6. The first-order valence-corrected chi connectivity index (χ1v) is 9.98. The van der Waals surface area contributed by atoms with Crippen LogP contribution in [-0.2, 0) is 10.0 Å². The second kappa shape index (κ2) is 6.54. The summed E-state index contributed by atoms with van der Waals surface area (Å²) < 4.78 is 30.0. The molecule has 0 saturated heterocycles. The number of nitrogens with one attached hydrogen (secondary N) is 1. The quantitative estimate of drug-likeness (QED) is 0.533. The molecule has 0 atom stereocenters. The van der Waals surface area contributed by atoms with E-state index in [0.29, 0.717) is 15.9 Å². The highest BCUT2D eigenvalue weighted by molar-refractivity contribution is 9.10. The van der Waals surface area contributed by atoms with Crippen molar-refractivity contribution in [2.24, 2.45) is 0 Å². The van der Waals surface area contributed by atoms with E-state index >= 15 is 0 Å². The van der Waals surface area contributed by atoms with Crippen molar-refractivity contribution in [3.05, 3.63) is 77.7 Å². The Labute approximate surface area is 158 Å². The van der Waals surface area contributed by atoms with Crippen LogP contribution in [-0.4, -0.2) is 22.8 Å². The van der Waals surface area contributed by atoms with Gasteiger partial charge in [0, 0.05) is 34.3 Å². The van der Waals surface area contributed by atoms with Crippen LogP contribution in [0.25, 0.3) is 17.0 Å². The molecule has 0 fully saturated rings. The first-order valence-electron chi connectivity index (χ1n) is 7.70. The van der Waals surface area contributed by atoms with E-state index in [1.54, 1.807) is 42.6 Å². The van der Waals surface area contributed by atoms with Crippen LogP contribution in [0.4, 0.5) is 5.69 Å². The monoisotopic (exact) mass is 428 g/mol. The molecule has 2 aromatic heterocycles. The Kier molecular flexibility index (Phi) is 4.21. The van der Waals surface area contributed by atoms with E-state index in [4.69, 9.17) is 0 Å². The summed E-state index contributed by atoms with van der Waals surface area (Å²) in [6.07, 6.45) is 5.44. The highest BCUT2D eigenvalue weighted by atomic mass is 79.9.